The van der Waals surface area contributed by atoms with Gasteiger partial charge in [0.25, 0.3) is 0 Å². The second-order valence-electron chi connectivity index (χ2n) is 3.86. The summed E-state index contributed by atoms with van der Waals surface area (Å²) in [6.45, 7) is 0. The van der Waals surface area contributed by atoms with Crippen molar-refractivity contribution >= 4 is 33.0 Å². The summed E-state index contributed by atoms with van der Waals surface area (Å²) in [5, 5.41) is 6.03. The lowest BCUT2D eigenvalue weighted by Crippen LogP contribution is -2.25. The SMILES string of the molecule is CNC(=S)Nc1ccc(OC)c(S(=O)(=O)N(C)C)c1. The van der Waals surface area contributed by atoms with E-state index in [9.17, 15) is 8.42 Å². The van der Waals surface area contributed by atoms with Gasteiger partial charge in [0.15, 0.2) is 5.11 Å². The van der Waals surface area contributed by atoms with Gasteiger partial charge in [-0.2, -0.15) is 0 Å². The molecule has 0 spiro atoms. The lowest BCUT2D eigenvalue weighted by Gasteiger charge is -2.16. The molecule has 0 aliphatic carbocycles. The Bertz CT molecular complexity index is 571. The second kappa shape index (κ2) is 6.18. The third-order valence-electron chi connectivity index (χ3n) is 2.41. The number of hydrogen-bond donors (Lipinski definition) is 2. The van der Waals surface area contributed by atoms with Crippen LogP contribution >= 0.6 is 12.2 Å². The van der Waals surface area contributed by atoms with Crippen molar-refractivity contribution in [3.05, 3.63) is 18.2 Å². The zero-order valence-electron chi connectivity index (χ0n) is 11.2. The van der Waals surface area contributed by atoms with Crippen LogP contribution in [0.15, 0.2) is 23.1 Å². The van der Waals surface area contributed by atoms with E-state index in [0.717, 1.165) is 4.31 Å². The molecule has 0 unspecified atom stereocenters. The predicted molar refractivity (Wildman–Crippen MR) is 79.1 cm³/mol. The fraction of sp³-hybridized carbons (Fsp3) is 0.364. The summed E-state index contributed by atoms with van der Waals surface area (Å²) < 4.78 is 30.6. The van der Waals surface area contributed by atoms with Crippen LogP contribution in [0.1, 0.15) is 0 Å². The molecule has 0 heterocycles. The van der Waals surface area contributed by atoms with E-state index in [1.165, 1.54) is 27.3 Å². The first-order chi connectivity index (χ1) is 8.82. The van der Waals surface area contributed by atoms with Gasteiger partial charge in [0, 0.05) is 26.8 Å². The van der Waals surface area contributed by atoms with Crippen LogP contribution in [0.3, 0.4) is 0 Å². The summed E-state index contributed by atoms with van der Waals surface area (Å²) in [5.41, 5.74) is 0.570. The number of methoxy groups -OCH3 is 1. The van der Waals surface area contributed by atoms with Gasteiger partial charge in [-0.15, -0.1) is 0 Å². The lowest BCUT2D eigenvalue weighted by atomic mass is 10.3. The maximum Gasteiger partial charge on any atom is 0.246 e. The van der Waals surface area contributed by atoms with Crippen molar-refractivity contribution < 1.29 is 13.2 Å². The zero-order valence-corrected chi connectivity index (χ0v) is 12.9. The molecule has 0 aliphatic rings. The number of hydrogen-bond acceptors (Lipinski definition) is 4. The molecule has 1 aromatic carbocycles. The first kappa shape index (κ1) is 15.7. The molecule has 19 heavy (non-hydrogen) atoms. The number of sulfonamides is 1. The first-order valence-corrected chi connectivity index (χ1v) is 7.27. The van der Waals surface area contributed by atoms with Gasteiger partial charge in [0.05, 0.1) is 7.11 Å². The average Bonchev–Trinajstić information content (AvgIpc) is 2.38. The smallest absolute Gasteiger partial charge is 0.246 e. The van der Waals surface area contributed by atoms with E-state index in [2.05, 4.69) is 10.6 Å². The van der Waals surface area contributed by atoms with Crippen molar-refractivity contribution in [1.82, 2.24) is 9.62 Å². The molecule has 0 aromatic heterocycles. The molecule has 8 heteroatoms. The van der Waals surface area contributed by atoms with Crippen LogP contribution in [0.4, 0.5) is 5.69 Å². The summed E-state index contributed by atoms with van der Waals surface area (Å²) in [6, 6.07) is 4.76. The first-order valence-electron chi connectivity index (χ1n) is 5.42. The number of nitrogens with zero attached hydrogens (tertiary/aromatic N) is 1. The Kier molecular flexibility index (Phi) is 5.10. The normalized spacial score (nSPS) is 11.2. The Hall–Kier alpha value is -1.38. The van der Waals surface area contributed by atoms with Gasteiger partial charge in [0.1, 0.15) is 10.6 Å². The zero-order chi connectivity index (χ0) is 14.6. The second-order valence-corrected chi connectivity index (χ2v) is 6.39. The van der Waals surface area contributed by atoms with Crippen molar-refractivity contribution in [2.24, 2.45) is 0 Å². The standard InChI is InChI=1S/C11H17N3O3S2/c1-12-11(18)13-8-5-6-9(17-4)10(7-8)19(15,16)14(2)3/h5-7H,1-4H3,(H2,12,13,18). The van der Waals surface area contributed by atoms with Gasteiger partial charge >= 0.3 is 0 Å². The molecule has 1 aromatic rings. The van der Waals surface area contributed by atoms with Crippen molar-refractivity contribution in [2.45, 2.75) is 4.90 Å². The van der Waals surface area contributed by atoms with Crippen LogP contribution < -0.4 is 15.4 Å². The van der Waals surface area contributed by atoms with Gasteiger partial charge in [-0.3, -0.25) is 0 Å². The molecule has 0 saturated carbocycles. The van der Waals surface area contributed by atoms with Crippen LogP contribution in [-0.2, 0) is 10.0 Å². The van der Waals surface area contributed by atoms with Crippen molar-refractivity contribution in [2.75, 3.05) is 33.6 Å². The van der Waals surface area contributed by atoms with Gasteiger partial charge in [-0.1, -0.05) is 0 Å². The predicted octanol–water partition coefficient (Wildman–Crippen LogP) is 0.862. The third-order valence-corrected chi connectivity index (χ3v) is 4.55. The van der Waals surface area contributed by atoms with Gasteiger partial charge < -0.3 is 15.4 Å². The summed E-state index contributed by atoms with van der Waals surface area (Å²) >= 11 is 4.97. The van der Waals surface area contributed by atoms with Crippen LogP contribution in [0.2, 0.25) is 0 Å². The fourth-order valence-corrected chi connectivity index (χ4v) is 2.54. The molecule has 0 saturated heterocycles. The third kappa shape index (κ3) is 3.55. The minimum absolute atomic E-state index is 0.0869. The van der Waals surface area contributed by atoms with Gasteiger partial charge in [0.2, 0.25) is 10.0 Å². The minimum Gasteiger partial charge on any atom is -0.495 e. The molecule has 0 amide bonds. The van der Waals surface area contributed by atoms with Crippen LogP contribution in [0.5, 0.6) is 5.75 Å². The van der Waals surface area contributed by atoms with Crippen molar-refractivity contribution in [1.29, 1.82) is 0 Å². The summed E-state index contributed by atoms with van der Waals surface area (Å²) in [5.74, 6) is 0.287. The Balaban J connectivity index is 3.29. The van der Waals surface area contributed by atoms with E-state index in [-0.39, 0.29) is 10.6 Å². The van der Waals surface area contributed by atoms with Crippen LogP contribution in [-0.4, -0.2) is 46.1 Å². The van der Waals surface area contributed by atoms with E-state index in [4.69, 9.17) is 17.0 Å². The van der Waals surface area contributed by atoms with Gasteiger partial charge in [-0.25, -0.2) is 12.7 Å². The maximum absolute atomic E-state index is 12.2. The highest BCUT2D eigenvalue weighted by molar-refractivity contribution is 7.89. The summed E-state index contributed by atoms with van der Waals surface area (Å²) in [6.07, 6.45) is 0. The number of nitrogens with one attached hydrogen (secondary N) is 2. The highest BCUT2D eigenvalue weighted by Crippen LogP contribution is 2.28. The molecule has 0 fully saturated rings. The van der Waals surface area contributed by atoms with Crippen molar-refractivity contribution in [3.8, 4) is 5.75 Å². The van der Waals surface area contributed by atoms with Gasteiger partial charge in [-0.05, 0) is 30.4 Å². The highest BCUT2D eigenvalue weighted by Gasteiger charge is 2.22. The summed E-state index contributed by atoms with van der Waals surface area (Å²) in [4.78, 5) is 0.0869. The molecule has 2 N–H and O–H groups in total. The quantitative estimate of drug-likeness (QED) is 0.804. The minimum atomic E-state index is -3.58. The molecular weight excluding hydrogens is 286 g/mol. The largest absolute Gasteiger partial charge is 0.495 e. The number of ether oxygens (including phenoxy) is 1. The number of thiocarbonyl (C=S) groups is 1. The highest BCUT2D eigenvalue weighted by atomic mass is 32.2. The molecule has 0 radical (unpaired) electrons. The van der Waals surface area contributed by atoms with Crippen molar-refractivity contribution in [3.63, 3.8) is 0 Å². The lowest BCUT2D eigenvalue weighted by molar-refractivity contribution is 0.400. The van der Waals surface area contributed by atoms with E-state index in [0.29, 0.717) is 10.8 Å². The number of rotatable bonds is 4. The molecule has 106 valence electrons. The monoisotopic (exact) mass is 303 g/mol. The Labute approximate surface area is 118 Å². The number of anilines is 1. The van der Waals surface area contributed by atoms with E-state index in [1.807, 2.05) is 0 Å². The molecular formula is C11H17N3O3S2. The van der Waals surface area contributed by atoms with E-state index < -0.39 is 10.0 Å². The molecule has 0 bridgehead atoms. The number of benzene rings is 1. The Morgan fingerprint density at radius 2 is 2.00 bits per heavy atom. The van der Waals surface area contributed by atoms with Crippen LogP contribution in [0, 0.1) is 0 Å². The molecule has 0 aliphatic heterocycles. The average molecular weight is 303 g/mol. The van der Waals surface area contributed by atoms with E-state index in [1.54, 1.807) is 19.2 Å². The maximum atomic E-state index is 12.2. The Morgan fingerprint density at radius 3 is 2.47 bits per heavy atom. The Morgan fingerprint density at radius 1 is 1.37 bits per heavy atom. The van der Waals surface area contributed by atoms with E-state index >= 15 is 0 Å². The molecule has 0 atom stereocenters. The van der Waals surface area contributed by atoms with Crippen LogP contribution in [0.25, 0.3) is 0 Å². The molecule has 1 rings (SSSR count). The fourth-order valence-electron chi connectivity index (χ4n) is 1.35. The summed E-state index contributed by atoms with van der Waals surface area (Å²) in [7, 11) is 2.45. The topological polar surface area (TPSA) is 70.7 Å². The molecule has 6 nitrogen and oxygen atoms in total.